The average molecular weight is 385 g/mol. The van der Waals surface area contributed by atoms with E-state index in [2.05, 4.69) is 18.0 Å². The van der Waals surface area contributed by atoms with E-state index in [-0.39, 0.29) is 29.5 Å². The molecule has 2 aliphatic carbocycles. The van der Waals surface area contributed by atoms with Crippen LogP contribution >= 0.6 is 0 Å². The molecule has 3 atom stereocenters. The lowest BCUT2D eigenvalue weighted by molar-refractivity contribution is -0.144. The molecule has 1 aromatic rings. The van der Waals surface area contributed by atoms with Gasteiger partial charge in [-0.1, -0.05) is 6.08 Å². The molecule has 0 N–H and O–H groups in total. The van der Waals surface area contributed by atoms with E-state index < -0.39 is 0 Å². The van der Waals surface area contributed by atoms with Gasteiger partial charge in [-0.15, -0.1) is 0 Å². The Morgan fingerprint density at radius 1 is 1.25 bits per heavy atom. The summed E-state index contributed by atoms with van der Waals surface area (Å²) in [7, 11) is 3.77. The first-order valence-corrected chi connectivity index (χ1v) is 9.84. The van der Waals surface area contributed by atoms with Crippen LogP contribution in [0.2, 0.25) is 0 Å². The molecule has 3 aliphatic rings. The summed E-state index contributed by atoms with van der Waals surface area (Å²) in [5.74, 6) is 0.540. The van der Waals surface area contributed by atoms with Crippen molar-refractivity contribution in [1.29, 1.82) is 0 Å². The van der Waals surface area contributed by atoms with E-state index in [0.717, 1.165) is 37.8 Å². The van der Waals surface area contributed by atoms with E-state index in [1.54, 1.807) is 7.11 Å². The lowest BCUT2D eigenvalue weighted by Gasteiger charge is -2.34. The Morgan fingerprint density at radius 2 is 2.04 bits per heavy atom. The molecule has 1 aliphatic heterocycles. The topological polar surface area (TPSA) is 65.1 Å². The fourth-order valence-electron chi connectivity index (χ4n) is 5.12. The quantitative estimate of drug-likeness (QED) is 0.453. The number of hydrogen-bond donors (Lipinski definition) is 0. The first-order valence-electron chi connectivity index (χ1n) is 9.84. The zero-order valence-electron chi connectivity index (χ0n) is 16.9. The number of likely N-dealkylation sites (N-methyl/N-ethyl adjacent to an activating group) is 1. The Kier molecular flexibility index (Phi) is 4.70. The van der Waals surface area contributed by atoms with Crippen molar-refractivity contribution in [3.05, 3.63) is 34.9 Å². The van der Waals surface area contributed by atoms with Gasteiger partial charge in [-0.3, -0.25) is 14.5 Å². The summed E-state index contributed by atoms with van der Waals surface area (Å²) in [5, 5.41) is 0. The number of carbonyl (C=O) groups excluding carboxylic acids is 2. The van der Waals surface area contributed by atoms with Crippen molar-refractivity contribution in [3.63, 3.8) is 0 Å². The normalized spacial score (nSPS) is 28.1. The van der Waals surface area contributed by atoms with Crippen LogP contribution in [0, 0.1) is 0 Å². The van der Waals surface area contributed by atoms with Crippen LogP contribution in [0.25, 0.3) is 0 Å². The molecule has 0 aromatic heterocycles. The van der Waals surface area contributed by atoms with Gasteiger partial charge in [-0.05, 0) is 56.0 Å². The van der Waals surface area contributed by atoms with Crippen LogP contribution in [-0.2, 0) is 26.2 Å². The number of carbonyl (C=O) groups is 2. The second-order valence-corrected chi connectivity index (χ2v) is 8.10. The maximum absolute atomic E-state index is 11.9. The van der Waals surface area contributed by atoms with Crippen LogP contribution in [0.1, 0.15) is 55.8 Å². The highest BCUT2D eigenvalue weighted by Crippen LogP contribution is 2.59. The molecule has 1 spiro atoms. The minimum absolute atomic E-state index is 0.198. The lowest BCUT2D eigenvalue weighted by atomic mass is 9.73. The Morgan fingerprint density at radius 3 is 2.64 bits per heavy atom. The van der Waals surface area contributed by atoms with E-state index in [4.69, 9.17) is 14.2 Å². The van der Waals surface area contributed by atoms with Gasteiger partial charge in [0.05, 0.1) is 7.11 Å². The molecule has 0 unspecified atom stereocenters. The van der Waals surface area contributed by atoms with Crippen molar-refractivity contribution in [2.24, 2.45) is 0 Å². The van der Waals surface area contributed by atoms with Crippen LogP contribution in [0.3, 0.4) is 0 Å². The molecule has 6 heteroatoms. The van der Waals surface area contributed by atoms with Gasteiger partial charge >= 0.3 is 11.9 Å². The lowest BCUT2D eigenvalue weighted by Crippen LogP contribution is -2.32. The number of allylic oxidation sites excluding steroid dienone is 1. The summed E-state index contributed by atoms with van der Waals surface area (Å²) in [6.07, 6.45) is 7.41. The second kappa shape index (κ2) is 6.92. The van der Waals surface area contributed by atoms with Crippen LogP contribution in [0.5, 0.6) is 11.5 Å². The molecule has 0 radical (unpaired) electrons. The number of rotatable bonds is 3. The van der Waals surface area contributed by atoms with Crippen molar-refractivity contribution in [2.45, 2.75) is 57.1 Å². The van der Waals surface area contributed by atoms with Crippen molar-refractivity contribution < 1.29 is 23.8 Å². The van der Waals surface area contributed by atoms with Gasteiger partial charge in [-0.25, -0.2) is 0 Å². The molecular weight excluding hydrogens is 358 g/mol. The molecule has 4 rings (SSSR count). The Bertz CT molecular complexity index is 861. The summed E-state index contributed by atoms with van der Waals surface area (Å²) < 4.78 is 16.7. The largest absolute Gasteiger partial charge is 0.493 e. The Hall–Kier alpha value is -2.34. The van der Waals surface area contributed by atoms with Gasteiger partial charge in [0.1, 0.15) is 6.10 Å². The second-order valence-electron chi connectivity index (χ2n) is 8.10. The molecule has 0 saturated carbocycles. The van der Waals surface area contributed by atoms with Gasteiger partial charge in [-0.2, -0.15) is 0 Å². The van der Waals surface area contributed by atoms with E-state index >= 15 is 0 Å². The number of ether oxygens (including phenoxy) is 3. The maximum atomic E-state index is 11.9. The van der Waals surface area contributed by atoms with Gasteiger partial charge in [0.15, 0.2) is 11.5 Å². The maximum Gasteiger partial charge on any atom is 0.308 e. The summed E-state index contributed by atoms with van der Waals surface area (Å²) >= 11 is 0. The molecular formula is C22H27NO5. The van der Waals surface area contributed by atoms with Gasteiger partial charge < -0.3 is 14.2 Å². The number of benzene rings is 1. The minimum Gasteiger partial charge on any atom is -0.493 e. The SMILES string of the molecule is COc1cc2c3c(c1OC(C)=O)[C@]1(C=C[C@@H](OC(C)=O)CC1)C[C@H]3N(C)CC2. The first kappa shape index (κ1) is 19.0. The molecule has 150 valence electrons. The monoisotopic (exact) mass is 385 g/mol. The number of fused-ring (bicyclic) bond motifs is 1. The van der Waals surface area contributed by atoms with Crippen LogP contribution < -0.4 is 9.47 Å². The number of esters is 2. The van der Waals surface area contributed by atoms with E-state index in [1.807, 2.05) is 12.1 Å². The average Bonchev–Trinajstić information content (AvgIpc) is 2.97. The smallest absolute Gasteiger partial charge is 0.308 e. The fourth-order valence-corrected chi connectivity index (χ4v) is 5.12. The third-order valence-electron chi connectivity index (χ3n) is 6.31. The number of nitrogens with zero attached hydrogens (tertiary/aromatic N) is 1. The molecule has 0 saturated heterocycles. The predicted molar refractivity (Wildman–Crippen MR) is 104 cm³/mol. The first-order chi connectivity index (χ1) is 13.3. The number of hydrogen-bond acceptors (Lipinski definition) is 6. The molecule has 0 bridgehead atoms. The highest BCUT2D eigenvalue weighted by atomic mass is 16.6. The van der Waals surface area contributed by atoms with E-state index in [9.17, 15) is 9.59 Å². The van der Waals surface area contributed by atoms with Crippen molar-refractivity contribution in [2.75, 3.05) is 20.7 Å². The van der Waals surface area contributed by atoms with Gasteiger partial charge in [0.2, 0.25) is 0 Å². The van der Waals surface area contributed by atoms with E-state index in [0.29, 0.717) is 11.5 Å². The highest BCUT2D eigenvalue weighted by Gasteiger charge is 2.50. The van der Waals surface area contributed by atoms with Crippen molar-refractivity contribution in [1.82, 2.24) is 4.90 Å². The van der Waals surface area contributed by atoms with Crippen molar-refractivity contribution in [3.8, 4) is 11.5 Å². The molecule has 1 aromatic carbocycles. The molecule has 0 fully saturated rings. The summed E-state index contributed by atoms with van der Waals surface area (Å²) in [6, 6.07) is 2.32. The summed E-state index contributed by atoms with van der Waals surface area (Å²) in [4.78, 5) is 25.6. The van der Waals surface area contributed by atoms with Crippen molar-refractivity contribution >= 4 is 11.9 Å². The van der Waals surface area contributed by atoms with Gasteiger partial charge in [0.25, 0.3) is 0 Å². The van der Waals surface area contributed by atoms with Gasteiger partial charge in [0, 0.05) is 37.4 Å². The Labute approximate surface area is 165 Å². The molecule has 6 nitrogen and oxygen atoms in total. The molecule has 0 amide bonds. The molecule has 1 heterocycles. The van der Waals surface area contributed by atoms with E-state index in [1.165, 1.54) is 25.0 Å². The third-order valence-corrected chi connectivity index (χ3v) is 6.31. The predicted octanol–water partition coefficient (Wildman–Crippen LogP) is 3.07. The van der Waals surface area contributed by atoms with Crippen LogP contribution in [0.4, 0.5) is 0 Å². The Balaban J connectivity index is 1.87. The standard InChI is InChI=1S/C22H27NO5/c1-13(24)27-16-5-8-22(9-6-16)12-17-19-15(7-10-23(17)3)11-18(26-4)21(20(19)22)28-14(2)25/h5,8,11,16-17H,6-7,9-10,12H2,1-4H3/t16-,17-,22+/m1/s1. The molecule has 28 heavy (non-hydrogen) atoms. The minimum atomic E-state index is -0.352. The van der Waals surface area contributed by atoms with Crippen LogP contribution in [-0.4, -0.2) is 43.6 Å². The summed E-state index contributed by atoms with van der Waals surface area (Å²) in [5.41, 5.74) is 3.38. The zero-order valence-corrected chi connectivity index (χ0v) is 16.9. The zero-order chi connectivity index (χ0) is 20.1. The van der Waals surface area contributed by atoms with Crippen LogP contribution in [0.15, 0.2) is 18.2 Å². The number of methoxy groups -OCH3 is 1. The highest BCUT2D eigenvalue weighted by molar-refractivity contribution is 5.74. The fraction of sp³-hybridized carbons (Fsp3) is 0.545. The third kappa shape index (κ3) is 3.00. The summed E-state index contributed by atoms with van der Waals surface area (Å²) in [6.45, 7) is 3.85.